The van der Waals surface area contributed by atoms with E-state index in [-0.39, 0.29) is 62.6 Å². The van der Waals surface area contributed by atoms with Crippen molar-refractivity contribution in [3.05, 3.63) is 141 Å². The zero-order valence-electron chi connectivity index (χ0n) is 24.3. The Kier molecular flexibility index (Phi) is 10.1. The van der Waals surface area contributed by atoms with Gasteiger partial charge in [-0.1, -0.05) is 74.9 Å². The molecule has 15 heteroatoms. The van der Waals surface area contributed by atoms with Crippen molar-refractivity contribution >= 4 is 63.3 Å². The predicted molar refractivity (Wildman–Crippen MR) is 177 cm³/mol. The van der Waals surface area contributed by atoms with Gasteiger partial charge in [0.05, 0.1) is 61.1 Å². The second-order valence-electron chi connectivity index (χ2n) is 10.6. The minimum atomic E-state index is -0.506. The average Bonchev–Trinajstić information content (AvgIpc) is 3.68. The van der Waals surface area contributed by atoms with Crippen molar-refractivity contribution in [3.63, 3.8) is 0 Å². The third-order valence-corrected chi connectivity index (χ3v) is 8.25. The van der Waals surface area contributed by atoms with E-state index in [2.05, 4.69) is 36.6 Å². The molecule has 0 saturated carbocycles. The van der Waals surface area contributed by atoms with Crippen molar-refractivity contribution in [2.75, 3.05) is 0 Å². The lowest BCUT2D eigenvalue weighted by Crippen LogP contribution is -2.51. The van der Waals surface area contributed by atoms with E-state index in [1.165, 1.54) is 26.5 Å². The molecule has 0 aliphatic carbocycles. The van der Waals surface area contributed by atoms with E-state index in [0.717, 1.165) is 14.9 Å². The van der Waals surface area contributed by atoms with Gasteiger partial charge in [0, 0.05) is 21.0 Å². The molecule has 1 aliphatic rings. The Hall–Kier alpha value is -4.56. The Balaban J connectivity index is 0.00000217. The summed E-state index contributed by atoms with van der Waals surface area (Å²) in [5.74, 6) is -1.74. The van der Waals surface area contributed by atoms with Crippen molar-refractivity contribution in [2.45, 2.75) is 26.2 Å². The number of rotatable bonds is 9. The Bertz CT molecular complexity index is 2000. The van der Waals surface area contributed by atoms with Gasteiger partial charge in [-0.3, -0.25) is 9.59 Å². The number of hydrogen-bond donors (Lipinski definition) is 0. The van der Waals surface area contributed by atoms with Crippen LogP contribution in [-0.4, -0.2) is 51.8 Å². The molecule has 0 N–H and O–H groups in total. The zero-order chi connectivity index (χ0) is 31.1. The highest BCUT2D eigenvalue weighted by Gasteiger charge is 2.38. The largest absolute Gasteiger partial charge is 0.276 e. The summed E-state index contributed by atoms with van der Waals surface area (Å²) in [6.07, 6.45) is 3.28. The second-order valence-corrected chi connectivity index (χ2v) is 11.4. The highest BCUT2D eigenvalue weighted by molar-refractivity contribution is 9.10. The van der Waals surface area contributed by atoms with Crippen LogP contribution in [0.15, 0.2) is 95.7 Å². The standard InChI is InChI=1S/C32H23BrF2N8O2.2ClH/c33-27-13-12-26-30-24(27)8-5-9-25(30)31(44)43(32(26)45)42(18-22-16-40(38-36-22)14-20-6-1-3-10-28(20)34)19-23-17-41(39-37-23)15-21-7-2-4-11-29(21)35;;/h1-13,16-17H,14-15,18-19H2;2*1H. The highest BCUT2D eigenvalue weighted by Crippen LogP contribution is 2.35. The lowest BCUT2D eigenvalue weighted by molar-refractivity contribution is -0.0130. The van der Waals surface area contributed by atoms with Gasteiger partial charge in [0.1, 0.15) is 11.6 Å². The average molecular weight is 742 g/mol. The van der Waals surface area contributed by atoms with Gasteiger partial charge in [-0.15, -0.1) is 35.0 Å². The number of benzene rings is 4. The summed E-state index contributed by atoms with van der Waals surface area (Å²) in [5, 5.41) is 20.7. The van der Waals surface area contributed by atoms with Crippen molar-refractivity contribution in [1.29, 1.82) is 0 Å². The molecule has 0 bridgehead atoms. The number of halogens is 5. The van der Waals surface area contributed by atoms with Crippen molar-refractivity contribution in [3.8, 4) is 0 Å². The fourth-order valence-electron chi connectivity index (χ4n) is 5.46. The molecule has 2 amide bonds. The fourth-order valence-corrected chi connectivity index (χ4v) is 5.92. The minimum absolute atomic E-state index is 0. The monoisotopic (exact) mass is 740 g/mol. The topological polar surface area (TPSA) is 102 Å². The van der Waals surface area contributed by atoms with E-state index in [9.17, 15) is 18.4 Å². The Morgan fingerprint density at radius 3 is 1.70 bits per heavy atom. The molecule has 47 heavy (non-hydrogen) atoms. The van der Waals surface area contributed by atoms with E-state index in [0.29, 0.717) is 39.0 Å². The van der Waals surface area contributed by atoms with Gasteiger partial charge in [0.15, 0.2) is 0 Å². The third-order valence-electron chi connectivity index (χ3n) is 7.56. The summed E-state index contributed by atoms with van der Waals surface area (Å²) in [7, 11) is 0. The molecule has 0 saturated heterocycles. The number of carbonyl (C=O) groups excluding carboxylic acids is 2. The van der Waals surface area contributed by atoms with Crippen LogP contribution in [0.1, 0.15) is 43.2 Å². The molecule has 2 aromatic heterocycles. The SMILES string of the molecule is Cl.Cl.O=C1c2cccc3c(Br)ccc(c23)C(=O)N1N(Cc1cn(Cc2ccccc2F)nn1)Cc1cn(Cc2ccccc2F)nn1. The molecule has 7 rings (SSSR count). The Morgan fingerprint density at radius 1 is 0.660 bits per heavy atom. The van der Waals surface area contributed by atoms with Crippen LogP contribution in [0.4, 0.5) is 8.78 Å². The first-order chi connectivity index (χ1) is 21.9. The van der Waals surface area contributed by atoms with Gasteiger partial charge in [-0.25, -0.2) is 23.2 Å². The second kappa shape index (κ2) is 14.1. The number of aromatic nitrogens is 6. The lowest BCUT2D eigenvalue weighted by Gasteiger charge is -2.35. The maximum absolute atomic E-state index is 14.3. The van der Waals surface area contributed by atoms with Gasteiger partial charge < -0.3 is 0 Å². The van der Waals surface area contributed by atoms with Crippen LogP contribution >= 0.6 is 40.7 Å². The molecule has 0 unspecified atom stereocenters. The maximum atomic E-state index is 14.3. The Morgan fingerprint density at radius 2 is 1.17 bits per heavy atom. The molecule has 1 aliphatic heterocycles. The van der Waals surface area contributed by atoms with E-state index < -0.39 is 11.8 Å². The van der Waals surface area contributed by atoms with Gasteiger partial charge in [0.25, 0.3) is 11.8 Å². The molecule has 4 aromatic carbocycles. The van der Waals surface area contributed by atoms with E-state index in [1.807, 2.05) is 6.07 Å². The molecule has 240 valence electrons. The van der Waals surface area contributed by atoms with Gasteiger partial charge >= 0.3 is 0 Å². The molecule has 0 atom stereocenters. The molecular weight excluding hydrogens is 717 g/mol. The summed E-state index contributed by atoms with van der Waals surface area (Å²) in [4.78, 5) is 28.0. The van der Waals surface area contributed by atoms with Gasteiger partial charge in [0.2, 0.25) is 0 Å². The van der Waals surface area contributed by atoms with Crippen LogP contribution in [0.25, 0.3) is 10.8 Å². The third kappa shape index (κ3) is 6.65. The predicted octanol–water partition coefficient (Wildman–Crippen LogP) is 6.22. The Labute approximate surface area is 287 Å². The summed E-state index contributed by atoms with van der Waals surface area (Å²) < 4.78 is 32.3. The van der Waals surface area contributed by atoms with Crippen molar-refractivity contribution in [2.24, 2.45) is 0 Å². The van der Waals surface area contributed by atoms with E-state index in [4.69, 9.17) is 0 Å². The molecule has 3 heterocycles. The molecular formula is C32H25BrCl2F2N8O2. The summed E-state index contributed by atoms with van der Waals surface area (Å²) in [6, 6.07) is 21.5. The molecule has 0 radical (unpaired) electrons. The number of hydrazine groups is 1. The summed E-state index contributed by atoms with van der Waals surface area (Å²) in [6.45, 7) is 0.291. The number of carbonyl (C=O) groups is 2. The van der Waals surface area contributed by atoms with Gasteiger partial charge in [-0.2, -0.15) is 5.01 Å². The van der Waals surface area contributed by atoms with Crippen molar-refractivity contribution in [1.82, 2.24) is 40.0 Å². The zero-order valence-corrected chi connectivity index (χ0v) is 27.6. The van der Waals surface area contributed by atoms with Crippen LogP contribution in [-0.2, 0) is 26.2 Å². The molecule has 10 nitrogen and oxygen atoms in total. The summed E-state index contributed by atoms with van der Waals surface area (Å²) >= 11 is 3.52. The first-order valence-electron chi connectivity index (χ1n) is 14.0. The number of amides is 2. The maximum Gasteiger partial charge on any atom is 0.276 e. The lowest BCUT2D eigenvalue weighted by atomic mass is 9.95. The highest BCUT2D eigenvalue weighted by atomic mass is 79.9. The number of nitrogens with zero attached hydrogens (tertiary/aromatic N) is 8. The van der Waals surface area contributed by atoms with E-state index >= 15 is 0 Å². The van der Waals surface area contributed by atoms with Gasteiger partial charge in [-0.05, 0) is 35.7 Å². The van der Waals surface area contributed by atoms with Crippen LogP contribution in [0.2, 0.25) is 0 Å². The molecule has 0 spiro atoms. The normalized spacial score (nSPS) is 12.4. The first kappa shape index (κ1) is 33.8. The quantitative estimate of drug-likeness (QED) is 0.162. The van der Waals surface area contributed by atoms with Crippen LogP contribution in [0.5, 0.6) is 0 Å². The minimum Gasteiger partial charge on any atom is -0.267 e. The van der Waals surface area contributed by atoms with Crippen LogP contribution in [0, 0.1) is 11.6 Å². The van der Waals surface area contributed by atoms with Crippen molar-refractivity contribution < 1.29 is 18.4 Å². The number of hydrogen-bond acceptors (Lipinski definition) is 7. The van der Waals surface area contributed by atoms with E-state index in [1.54, 1.807) is 73.1 Å². The van der Waals surface area contributed by atoms with Crippen LogP contribution in [0.3, 0.4) is 0 Å². The molecule has 6 aromatic rings. The fraction of sp³-hybridized carbons (Fsp3) is 0.125. The molecule has 0 fully saturated rings. The summed E-state index contributed by atoms with van der Waals surface area (Å²) in [5.41, 5.74) is 2.50. The van der Waals surface area contributed by atoms with Crippen LogP contribution < -0.4 is 0 Å². The smallest absolute Gasteiger partial charge is 0.267 e. The number of imide groups is 1. The first-order valence-corrected chi connectivity index (χ1v) is 14.7.